The van der Waals surface area contributed by atoms with Gasteiger partial charge in [-0.15, -0.1) is 0 Å². The lowest BCUT2D eigenvalue weighted by Crippen LogP contribution is -2.28. The minimum atomic E-state index is -0.930. The van der Waals surface area contributed by atoms with Crippen LogP contribution in [0.5, 0.6) is 0 Å². The number of imide groups is 1. The first-order chi connectivity index (χ1) is 5.76. The van der Waals surface area contributed by atoms with Gasteiger partial charge in [-0.3, -0.25) is 14.9 Å². The van der Waals surface area contributed by atoms with E-state index in [2.05, 4.69) is 9.99 Å². The van der Waals surface area contributed by atoms with E-state index in [0.717, 1.165) is 6.41 Å². The molecule has 0 aliphatic rings. The molecule has 0 aliphatic heterocycles. The molecule has 2 amide bonds. The summed E-state index contributed by atoms with van der Waals surface area (Å²) in [6.07, 6.45) is 1.12. The molecule has 0 saturated carbocycles. The number of amides is 2. The van der Waals surface area contributed by atoms with Crippen molar-refractivity contribution in [3.8, 4) is 6.07 Å². The second-order valence-corrected chi connectivity index (χ2v) is 1.53. The highest BCUT2D eigenvalue weighted by atomic mass is 16.6. The summed E-state index contributed by atoms with van der Waals surface area (Å²) in [5.74, 6) is -0.930. The molecule has 6 nitrogen and oxygen atoms in total. The molecule has 0 spiro atoms. The van der Waals surface area contributed by atoms with Crippen molar-refractivity contribution in [2.75, 3.05) is 6.61 Å². The molecule has 0 unspecified atom stereocenters. The van der Waals surface area contributed by atoms with Crippen LogP contribution in [-0.2, 0) is 14.4 Å². The van der Waals surface area contributed by atoms with E-state index in [9.17, 15) is 9.59 Å². The maximum Gasteiger partial charge on any atom is 0.316 e. The quantitative estimate of drug-likeness (QED) is 0.334. The number of hydrogen-bond donors (Lipinski definition) is 1. The van der Waals surface area contributed by atoms with Gasteiger partial charge in [-0.2, -0.15) is 5.26 Å². The van der Waals surface area contributed by atoms with Gasteiger partial charge in [-0.1, -0.05) is 5.16 Å². The van der Waals surface area contributed by atoms with Crippen molar-refractivity contribution < 1.29 is 14.4 Å². The van der Waals surface area contributed by atoms with E-state index in [-0.39, 0.29) is 6.61 Å². The molecule has 0 saturated heterocycles. The lowest BCUT2D eigenvalue weighted by atomic mass is 10.4. The molecule has 1 N–H and O–H groups in total. The first kappa shape index (κ1) is 10.1. The van der Waals surface area contributed by atoms with Gasteiger partial charge in [0.05, 0.1) is 0 Å². The fraction of sp³-hybridized carbons (Fsp3) is 0.333. The second kappa shape index (κ2) is 5.85. The van der Waals surface area contributed by atoms with Gasteiger partial charge in [0.1, 0.15) is 12.7 Å². The molecule has 63 valence electrons. The molecular weight excluding hydrogens is 162 g/mol. The van der Waals surface area contributed by atoms with Crippen LogP contribution in [0.2, 0.25) is 0 Å². The Morgan fingerprint density at radius 2 is 2.42 bits per heavy atom. The van der Waals surface area contributed by atoms with E-state index in [0.29, 0.717) is 0 Å². The van der Waals surface area contributed by atoms with Gasteiger partial charge in [0.2, 0.25) is 5.71 Å². The maximum absolute atomic E-state index is 10.7. The predicted molar refractivity (Wildman–Crippen MR) is 38.5 cm³/mol. The highest BCUT2D eigenvalue weighted by Gasteiger charge is 2.10. The number of hydrogen-bond acceptors (Lipinski definition) is 5. The Morgan fingerprint density at radius 3 is 2.83 bits per heavy atom. The summed E-state index contributed by atoms with van der Waals surface area (Å²) in [4.78, 5) is 24.7. The molecule has 0 aromatic rings. The van der Waals surface area contributed by atoms with Crippen molar-refractivity contribution in [1.29, 1.82) is 5.26 Å². The lowest BCUT2D eigenvalue weighted by Gasteiger charge is -1.93. The number of rotatable bonds is 4. The number of carbonyl (C=O) groups excluding carboxylic acids is 2. The third-order valence-corrected chi connectivity index (χ3v) is 0.770. The maximum atomic E-state index is 10.7. The van der Waals surface area contributed by atoms with Gasteiger partial charge in [0.15, 0.2) is 0 Å². The Labute approximate surface area is 68.8 Å². The van der Waals surface area contributed by atoms with Crippen LogP contribution in [0, 0.1) is 11.3 Å². The molecule has 0 bridgehead atoms. The predicted octanol–water partition coefficient (Wildman–Crippen LogP) is -0.914. The Kier molecular flexibility index (Phi) is 4.93. The van der Waals surface area contributed by atoms with Crippen LogP contribution in [0.1, 0.15) is 6.92 Å². The summed E-state index contributed by atoms with van der Waals surface area (Å²) < 4.78 is 0. The molecule has 0 heterocycles. The highest BCUT2D eigenvalue weighted by molar-refractivity contribution is 6.46. The molecule has 0 aromatic heterocycles. The molecule has 6 heteroatoms. The fourth-order valence-electron chi connectivity index (χ4n) is 0.347. The van der Waals surface area contributed by atoms with Crippen LogP contribution in [0.25, 0.3) is 0 Å². The average molecular weight is 168 g/mol. The first-order valence-corrected chi connectivity index (χ1v) is 3.03. The molecule has 1 radical (unpaired) electrons. The zero-order valence-corrected chi connectivity index (χ0v) is 6.33. The zero-order chi connectivity index (χ0) is 9.40. The average Bonchev–Trinajstić information content (AvgIpc) is 2.06. The largest absolute Gasteiger partial charge is 0.395 e. The van der Waals surface area contributed by atoms with Crippen molar-refractivity contribution >= 4 is 18.0 Å². The summed E-state index contributed by atoms with van der Waals surface area (Å²) in [5.41, 5.74) is -0.514. The summed E-state index contributed by atoms with van der Waals surface area (Å²) in [7, 11) is 0. The van der Waals surface area contributed by atoms with Crippen LogP contribution >= 0.6 is 0 Å². The summed E-state index contributed by atoms with van der Waals surface area (Å²) >= 11 is 0. The van der Waals surface area contributed by atoms with Gasteiger partial charge >= 0.3 is 6.41 Å². The van der Waals surface area contributed by atoms with E-state index >= 15 is 0 Å². The van der Waals surface area contributed by atoms with Crippen molar-refractivity contribution in [3.05, 3.63) is 0 Å². The highest BCUT2D eigenvalue weighted by Crippen LogP contribution is 1.80. The number of nitrogens with one attached hydrogen (secondary N) is 1. The van der Waals surface area contributed by atoms with Crippen LogP contribution in [0.3, 0.4) is 0 Å². The van der Waals surface area contributed by atoms with Crippen molar-refractivity contribution in [2.24, 2.45) is 5.16 Å². The third kappa shape index (κ3) is 3.31. The zero-order valence-electron chi connectivity index (χ0n) is 6.33. The molecule has 0 atom stereocenters. The van der Waals surface area contributed by atoms with E-state index < -0.39 is 11.6 Å². The minimum absolute atomic E-state index is 0.239. The SMILES string of the molecule is CCON=C(C#N)C(=O)N[C]=O. The molecule has 0 fully saturated rings. The monoisotopic (exact) mass is 168 g/mol. The van der Waals surface area contributed by atoms with Crippen LogP contribution in [-0.4, -0.2) is 24.6 Å². The molecule has 0 aliphatic carbocycles. The number of carbonyl (C=O) groups is 1. The van der Waals surface area contributed by atoms with E-state index in [1.54, 1.807) is 12.2 Å². The Bertz CT molecular complexity index is 241. The Balaban J connectivity index is 4.25. The number of nitrogens with zero attached hydrogens (tertiary/aromatic N) is 2. The smallest absolute Gasteiger partial charge is 0.316 e. The van der Waals surface area contributed by atoms with Gasteiger partial charge in [-0.05, 0) is 6.92 Å². The van der Waals surface area contributed by atoms with Gasteiger partial charge in [-0.25, -0.2) is 0 Å². The van der Waals surface area contributed by atoms with Crippen LogP contribution in [0.15, 0.2) is 5.16 Å². The van der Waals surface area contributed by atoms with E-state index in [1.807, 2.05) is 0 Å². The molecular formula is C6H6N3O3. The van der Waals surface area contributed by atoms with Crippen molar-refractivity contribution in [3.63, 3.8) is 0 Å². The minimum Gasteiger partial charge on any atom is -0.395 e. The molecule has 0 rings (SSSR count). The van der Waals surface area contributed by atoms with Gasteiger partial charge < -0.3 is 4.84 Å². The fourth-order valence-corrected chi connectivity index (χ4v) is 0.347. The van der Waals surface area contributed by atoms with Gasteiger partial charge in [0.25, 0.3) is 5.91 Å². The van der Waals surface area contributed by atoms with Crippen LogP contribution in [0.4, 0.5) is 0 Å². The first-order valence-electron chi connectivity index (χ1n) is 3.03. The Morgan fingerprint density at radius 1 is 1.75 bits per heavy atom. The summed E-state index contributed by atoms with van der Waals surface area (Å²) in [6.45, 7) is 1.88. The lowest BCUT2D eigenvalue weighted by molar-refractivity contribution is -0.113. The van der Waals surface area contributed by atoms with E-state index in [1.165, 1.54) is 6.07 Å². The standard InChI is InChI=1S/C6H6N3O3/c1-2-12-9-5(3-7)6(11)8-4-10/h2H2,1H3,(H,8,10,11). The van der Waals surface area contributed by atoms with Crippen molar-refractivity contribution in [2.45, 2.75) is 6.92 Å². The molecule has 0 aromatic carbocycles. The Hall–Kier alpha value is -1.90. The van der Waals surface area contributed by atoms with Crippen molar-refractivity contribution in [1.82, 2.24) is 5.32 Å². The third-order valence-electron chi connectivity index (χ3n) is 0.770. The van der Waals surface area contributed by atoms with Gasteiger partial charge in [0, 0.05) is 0 Å². The van der Waals surface area contributed by atoms with Crippen LogP contribution < -0.4 is 5.32 Å². The molecule has 12 heavy (non-hydrogen) atoms. The number of oxime groups is 1. The summed E-state index contributed by atoms with van der Waals surface area (Å²) in [5, 5.41) is 13.1. The van der Waals surface area contributed by atoms with E-state index in [4.69, 9.17) is 5.26 Å². The normalized spacial score (nSPS) is 9.83. The topological polar surface area (TPSA) is 91.5 Å². The second-order valence-electron chi connectivity index (χ2n) is 1.53. The summed E-state index contributed by atoms with van der Waals surface area (Å²) in [6, 6.07) is 1.46. The number of nitriles is 1.